The highest BCUT2D eigenvalue weighted by molar-refractivity contribution is 5.68. The summed E-state index contributed by atoms with van der Waals surface area (Å²) in [5.41, 5.74) is 1.47. The van der Waals surface area contributed by atoms with E-state index in [0.29, 0.717) is 11.3 Å². The molecule has 4 nitrogen and oxygen atoms in total. The van der Waals surface area contributed by atoms with Crippen LogP contribution in [0.1, 0.15) is 23.7 Å². The van der Waals surface area contributed by atoms with Crippen LogP contribution in [0, 0.1) is 6.92 Å². The quantitative estimate of drug-likeness (QED) is 0.790. The molecule has 1 unspecified atom stereocenters. The number of methoxy groups -OCH3 is 1. The van der Waals surface area contributed by atoms with Gasteiger partial charge in [-0.25, -0.2) is 0 Å². The number of rotatable bonds is 4. The fourth-order valence-corrected chi connectivity index (χ4v) is 1.39. The minimum absolute atomic E-state index is 0.320. The first-order chi connectivity index (χ1) is 7.04. The van der Waals surface area contributed by atoms with E-state index >= 15 is 0 Å². The number of carbonyl (C=O) groups is 1. The lowest BCUT2D eigenvalue weighted by molar-refractivity contribution is -0.139. The molecule has 1 aromatic carbocycles. The molecule has 2 N–H and O–H groups in total. The van der Waals surface area contributed by atoms with Crippen molar-refractivity contribution in [3.8, 4) is 5.75 Å². The minimum Gasteiger partial charge on any atom is -0.496 e. The molecule has 0 saturated carbocycles. The SMILES string of the molecule is COc1ccc(C)cc1C(O)CC(=O)O. The van der Waals surface area contributed by atoms with E-state index in [1.807, 2.05) is 13.0 Å². The maximum absolute atomic E-state index is 10.5. The van der Waals surface area contributed by atoms with Crippen molar-refractivity contribution in [2.24, 2.45) is 0 Å². The smallest absolute Gasteiger partial charge is 0.306 e. The van der Waals surface area contributed by atoms with Gasteiger partial charge in [0.25, 0.3) is 0 Å². The van der Waals surface area contributed by atoms with E-state index in [4.69, 9.17) is 9.84 Å². The third kappa shape index (κ3) is 2.95. The summed E-state index contributed by atoms with van der Waals surface area (Å²) < 4.78 is 5.05. The number of aliphatic carboxylic acids is 1. The summed E-state index contributed by atoms with van der Waals surface area (Å²) in [6, 6.07) is 5.29. The fourth-order valence-electron chi connectivity index (χ4n) is 1.39. The molecular weight excluding hydrogens is 196 g/mol. The molecular formula is C11H14O4. The molecule has 0 radical (unpaired) electrons. The first kappa shape index (κ1) is 11.5. The van der Waals surface area contributed by atoms with E-state index in [0.717, 1.165) is 5.56 Å². The summed E-state index contributed by atoms with van der Waals surface area (Å²) in [6.07, 6.45) is -1.35. The van der Waals surface area contributed by atoms with E-state index in [2.05, 4.69) is 0 Å². The Hall–Kier alpha value is -1.55. The van der Waals surface area contributed by atoms with Crippen molar-refractivity contribution in [2.75, 3.05) is 7.11 Å². The number of carboxylic acid groups (broad SMARTS) is 1. The van der Waals surface area contributed by atoms with E-state index < -0.39 is 12.1 Å². The summed E-state index contributed by atoms with van der Waals surface area (Å²) in [4.78, 5) is 10.5. The Balaban J connectivity index is 2.99. The van der Waals surface area contributed by atoms with Crippen molar-refractivity contribution in [1.82, 2.24) is 0 Å². The van der Waals surface area contributed by atoms with Crippen LogP contribution >= 0.6 is 0 Å². The molecule has 0 heterocycles. The van der Waals surface area contributed by atoms with E-state index in [1.54, 1.807) is 12.1 Å². The molecule has 0 fully saturated rings. The maximum atomic E-state index is 10.5. The Kier molecular flexibility index (Phi) is 3.68. The van der Waals surface area contributed by atoms with Gasteiger partial charge in [0.05, 0.1) is 19.6 Å². The highest BCUT2D eigenvalue weighted by Crippen LogP contribution is 2.28. The summed E-state index contributed by atoms with van der Waals surface area (Å²) in [6.45, 7) is 1.87. The van der Waals surface area contributed by atoms with Crippen molar-refractivity contribution < 1.29 is 19.7 Å². The zero-order chi connectivity index (χ0) is 11.4. The van der Waals surface area contributed by atoms with Crippen molar-refractivity contribution in [1.29, 1.82) is 0 Å². The third-order valence-corrected chi connectivity index (χ3v) is 2.11. The van der Waals surface area contributed by atoms with Gasteiger partial charge in [0.1, 0.15) is 5.75 Å². The number of aryl methyl sites for hydroxylation is 1. The Morgan fingerprint density at radius 1 is 1.53 bits per heavy atom. The Labute approximate surface area is 88.1 Å². The van der Waals surface area contributed by atoms with Gasteiger partial charge in [-0.3, -0.25) is 4.79 Å². The molecule has 0 bridgehead atoms. The molecule has 0 spiro atoms. The number of benzene rings is 1. The first-order valence-corrected chi connectivity index (χ1v) is 4.59. The van der Waals surface area contributed by atoms with Gasteiger partial charge in [0.2, 0.25) is 0 Å². The second-order valence-corrected chi connectivity index (χ2v) is 3.36. The molecule has 0 saturated heterocycles. The topological polar surface area (TPSA) is 66.8 Å². The molecule has 4 heteroatoms. The van der Waals surface area contributed by atoms with Crippen LogP contribution in [0.25, 0.3) is 0 Å². The molecule has 0 aromatic heterocycles. The normalized spacial score (nSPS) is 12.2. The van der Waals surface area contributed by atoms with Crippen LogP contribution in [-0.2, 0) is 4.79 Å². The molecule has 0 aliphatic rings. The fraction of sp³-hybridized carbons (Fsp3) is 0.364. The van der Waals surface area contributed by atoms with E-state index in [1.165, 1.54) is 7.11 Å². The van der Waals surface area contributed by atoms with Gasteiger partial charge in [0, 0.05) is 5.56 Å². The van der Waals surface area contributed by atoms with Gasteiger partial charge < -0.3 is 14.9 Å². The summed E-state index contributed by atoms with van der Waals surface area (Å²) in [5, 5.41) is 18.2. The lowest BCUT2D eigenvalue weighted by Gasteiger charge is -2.13. The zero-order valence-electron chi connectivity index (χ0n) is 8.73. The number of aliphatic hydroxyl groups is 1. The maximum Gasteiger partial charge on any atom is 0.306 e. The van der Waals surface area contributed by atoms with Crippen molar-refractivity contribution in [2.45, 2.75) is 19.4 Å². The first-order valence-electron chi connectivity index (χ1n) is 4.59. The monoisotopic (exact) mass is 210 g/mol. The number of carboxylic acids is 1. The van der Waals surface area contributed by atoms with Crippen molar-refractivity contribution in [3.05, 3.63) is 29.3 Å². The Morgan fingerprint density at radius 3 is 2.73 bits per heavy atom. The predicted molar refractivity (Wildman–Crippen MR) is 54.9 cm³/mol. The average Bonchev–Trinajstić information content (AvgIpc) is 2.16. The van der Waals surface area contributed by atoms with Gasteiger partial charge in [-0.1, -0.05) is 11.6 Å². The van der Waals surface area contributed by atoms with Crippen LogP contribution in [0.15, 0.2) is 18.2 Å². The van der Waals surface area contributed by atoms with Gasteiger partial charge in [0.15, 0.2) is 0 Å². The second-order valence-electron chi connectivity index (χ2n) is 3.36. The highest BCUT2D eigenvalue weighted by atomic mass is 16.5. The van der Waals surface area contributed by atoms with Crippen LogP contribution in [-0.4, -0.2) is 23.3 Å². The number of aliphatic hydroxyl groups excluding tert-OH is 1. The summed E-state index contributed by atoms with van der Waals surface area (Å²) in [5.74, 6) is -0.527. The van der Waals surface area contributed by atoms with Crippen LogP contribution < -0.4 is 4.74 Å². The zero-order valence-corrected chi connectivity index (χ0v) is 8.73. The van der Waals surface area contributed by atoms with Crippen LogP contribution in [0.5, 0.6) is 5.75 Å². The molecule has 0 amide bonds. The van der Waals surface area contributed by atoms with Crippen molar-refractivity contribution >= 4 is 5.97 Å². The molecule has 82 valence electrons. The van der Waals surface area contributed by atoms with Crippen molar-refractivity contribution in [3.63, 3.8) is 0 Å². The minimum atomic E-state index is -1.04. The highest BCUT2D eigenvalue weighted by Gasteiger charge is 2.16. The largest absolute Gasteiger partial charge is 0.496 e. The average molecular weight is 210 g/mol. The van der Waals surface area contributed by atoms with Gasteiger partial charge in [-0.2, -0.15) is 0 Å². The Bertz CT molecular complexity index is 360. The molecule has 1 rings (SSSR count). The molecule has 15 heavy (non-hydrogen) atoms. The molecule has 1 atom stereocenters. The predicted octanol–water partition coefficient (Wildman–Crippen LogP) is 1.51. The lowest BCUT2D eigenvalue weighted by atomic mass is 10.0. The van der Waals surface area contributed by atoms with Crippen LogP contribution in [0.3, 0.4) is 0 Å². The Morgan fingerprint density at radius 2 is 2.20 bits per heavy atom. The molecule has 1 aromatic rings. The third-order valence-electron chi connectivity index (χ3n) is 2.11. The van der Waals surface area contributed by atoms with Gasteiger partial charge in [-0.15, -0.1) is 0 Å². The molecule has 0 aliphatic carbocycles. The molecule has 0 aliphatic heterocycles. The second kappa shape index (κ2) is 4.79. The van der Waals surface area contributed by atoms with Gasteiger partial charge >= 0.3 is 5.97 Å². The van der Waals surface area contributed by atoms with Gasteiger partial charge in [-0.05, 0) is 19.1 Å². The standard InChI is InChI=1S/C11H14O4/c1-7-3-4-10(15-2)8(5-7)9(12)6-11(13)14/h3-5,9,12H,6H2,1-2H3,(H,13,14). The summed E-state index contributed by atoms with van der Waals surface area (Å²) >= 11 is 0. The van der Waals surface area contributed by atoms with Crippen LogP contribution in [0.4, 0.5) is 0 Å². The summed E-state index contributed by atoms with van der Waals surface area (Å²) in [7, 11) is 1.49. The van der Waals surface area contributed by atoms with E-state index in [9.17, 15) is 9.90 Å². The van der Waals surface area contributed by atoms with E-state index in [-0.39, 0.29) is 6.42 Å². The number of ether oxygens (including phenoxy) is 1. The number of hydrogen-bond donors (Lipinski definition) is 2. The lowest BCUT2D eigenvalue weighted by Crippen LogP contribution is -2.07. The van der Waals surface area contributed by atoms with Crippen LogP contribution in [0.2, 0.25) is 0 Å². The number of hydrogen-bond acceptors (Lipinski definition) is 3.